The average Bonchev–Trinajstić information content (AvgIpc) is 2.29. The van der Waals surface area contributed by atoms with E-state index in [1.165, 1.54) is 12.8 Å². The first-order valence-corrected chi connectivity index (χ1v) is 8.48. The molecule has 2 unspecified atom stereocenters. The summed E-state index contributed by atoms with van der Waals surface area (Å²) in [4.78, 5) is 5.28. The average molecular weight is 281 g/mol. The van der Waals surface area contributed by atoms with Crippen LogP contribution in [0.15, 0.2) is 12.2 Å². The van der Waals surface area contributed by atoms with Gasteiger partial charge in [0, 0.05) is 36.3 Å². The summed E-state index contributed by atoms with van der Waals surface area (Å²) in [7, 11) is 0. The van der Waals surface area contributed by atoms with E-state index < -0.39 is 0 Å². The summed E-state index contributed by atoms with van der Waals surface area (Å²) in [6, 6.07) is 3.71. The predicted molar refractivity (Wildman–Crippen MR) is 90.2 cm³/mol. The Morgan fingerprint density at radius 1 is 0.600 bits per heavy atom. The van der Waals surface area contributed by atoms with Crippen molar-refractivity contribution in [2.75, 3.05) is 0 Å². The molecule has 0 aliphatic heterocycles. The van der Waals surface area contributed by atoms with Crippen molar-refractivity contribution in [1.29, 1.82) is 0 Å². The third kappa shape index (κ3) is 4.33. The molecule has 0 bridgehead atoms. The molecule has 0 aromatic rings. The normalized spacial score (nSPS) is 24.1. The molecule has 0 spiro atoms. The Kier molecular flexibility index (Phi) is 6.74. The van der Waals surface area contributed by atoms with Crippen LogP contribution in [0.3, 0.4) is 0 Å². The second kappa shape index (κ2) is 7.61. The van der Waals surface area contributed by atoms with Gasteiger partial charge in [0.05, 0.1) is 0 Å². The van der Waals surface area contributed by atoms with Crippen LogP contribution in [0, 0.1) is 0 Å². The zero-order valence-electron chi connectivity index (χ0n) is 14.9. The smallest absolute Gasteiger partial charge is 0.0284 e. The molecule has 2 nitrogen and oxygen atoms in total. The van der Waals surface area contributed by atoms with Gasteiger partial charge in [-0.25, -0.2) is 0 Å². The lowest BCUT2D eigenvalue weighted by molar-refractivity contribution is 0.0938. The van der Waals surface area contributed by atoms with E-state index in [4.69, 9.17) is 0 Å². The summed E-state index contributed by atoms with van der Waals surface area (Å²) in [6.07, 6.45) is 7.50. The molecule has 118 valence electrons. The molecule has 2 atom stereocenters. The van der Waals surface area contributed by atoms with E-state index in [9.17, 15) is 0 Å². The largest absolute Gasteiger partial charge is 0.292 e. The first-order valence-electron chi connectivity index (χ1n) is 8.48. The number of nitrogens with zero attached hydrogens (tertiary/aromatic N) is 2. The van der Waals surface area contributed by atoms with Crippen LogP contribution in [0.25, 0.3) is 0 Å². The van der Waals surface area contributed by atoms with Gasteiger partial charge in [-0.2, -0.15) is 0 Å². The van der Waals surface area contributed by atoms with Crippen molar-refractivity contribution in [2.24, 2.45) is 0 Å². The van der Waals surface area contributed by atoms with Crippen LogP contribution in [0.4, 0.5) is 0 Å². The van der Waals surface area contributed by atoms with Crippen molar-refractivity contribution in [3.05, 3.63) is 12.2 Å². The van der Waals surface area contributed by atoms with Crippen molar-refractivity contribution in [1.82, 2.24) is 9.80 Å². The first-order chi connectivity index (χ1) is 9.25. The summed E-state index contributed by atoms with van der Waals surface area (Å²) < 4.78 is 0. The van der Waals surface area contributed by atoms with Gasteiger partial charge in [-0.3, -0.25) is 9.80 Å². The minimum absolute atomic E-state index is 0.618. The van der Waals surface area contributed by atoms with Crippen LogP contribution in [-0.2, 0) is 0 Å². The van der Waals surface area contributed by atoms with Gasteiger partial charge in [0.25, 0.3) is 0 Å². The Bertz CT molecular complexity index is 259. The molecule has 0 aromatic carbocycles. The molecule has 1 aliphatic rings. The summed E-state index contributed by atoms with van der Waals surface area (Å²) in [6.45, 7) is 18.5. The maximum Gasteiger partial charge on any atom is 0.0284 e. The molecule has 0 saturated carbocycles. The van der Waals surface area contributed by atoms with E-state index in [1.807, 2.05) is 0 Å². The van der Waals surface area contributed by atoms with E-state index in [1.54, 1.807) is 0 Å². The lowest BCUT2D eigenvalue weighted by Gasteiger charge is -2.43. The second-order valence-electron chi connectivity index (χ2n) is 7.37. The molecule has 0 saturated heterocycles. The fourth-order valence-electron chi connectivity index (χ4n) is 4.01. The minimum atomic E-state index is 0.618. The van der Waals surface area contributed by atoms with E-state index in [0.717, 1.165) is 0 Å². The Balaban J connectivity index is 2.77. The van der Waals surface area contributed by atoms with Crippen molar-refractivity contribution in [3.63, 3.8) is 0 Å². The highest BCUT2D eigenvalue weighted by Gasteiger charge is 2.29. The maximum absolute atomic E-state index is 2.64. The van der Waals surface area contributed by atoms with Gasteiger partial charge in [0.1, 0.15) is 0 Å². The fourth-order valence-corrected chi connectivity index (χ4v) is 4.01. The van der Waals surface area contributed by atoms with Crippen molar-refractivity contribution >= 4 is 0 Å². The van der Waals surface area contributed by atoms with Gasteiger partial charge < -0.3 is 0 Å². The highest BCUT2D eigenvalue weighted by Crippen LogP contribution is 2.26. The van der Waals surface area contributed by atoms with E-state index >= 15 is 0 Å². The molecular weight excluding hydrogens is 244 g/mol. The number of hydrogen-bond donors (Lipinski definition) is 0. The van der Waals surface area contributed by atoms with Crippen LogP contribution in [0.5, 0.6) is 0 Å². The third-order valence-electron chi connectivity index (χ3n) is 4.46. The van der Waals surface area contributed by atoms with Crippen molar-refractivity contribution in [2.45, 2.75) is 104 Å². The first kappa shape index (κ1) is 17.7. The molecule has 1 rings (SSSR count). The van der Waals surface area contributed by atoms with Gasteiger partial charge in [0.15, 0.2) is 0 Å². The molecule has 0 radical (unpaired) electrons. The molecule has 20 heavy (non-hydrogen) atoms. The predicted octanol–water partition coefficient (Wildman–Crippen LogP) is 4.31. The summed E-state index contributed by atoms with van der Waals surface area (Å²) >= 11 is 0. The topological polar surface area (TPSA) is 6.48 Å². The van der Waals surface area contributed by atoms with Gasteiger partial charge in [0.2, 0.25) is 0 Å². The minimum Gasteiger partial charge on any atom is -0.292 e. The maximum atomic E-state index is 2.64. The monoisotopic (exact) mass is 280 g/mol. The van der Waals surface area contributed by atoms with Crippen LogP contribution in [-0.4, -0.2) is 46.1 Å². The van der Waals surface area contributed by atoms with Gasteiger partial charge in [-0.15, -0.1) is 0 Å². The van der Waals surface area contributed by atoms with Crippen LogP contribution >= 0.6 is 0 Å². The molecule has 1 aliphatic carbocycles. The lowest BCUT2D eigenvalue weighted by atomic mass is 9.93. The quantitative estimate of drug-likeness (QED) is 0.669. The Hall–Kier alpha value is -0.340. The zero-order valence-corrected chi connectivity index (χ0v) is 14.9. The number of rotatable bonds is 6. The van der Waals surface area contributed by atoms with Gasteiger partial charge >= 0.3 is 0 Å². The standard InChI is InChI=1S/C18H36N2/c1-13(2)19(14(3)4)17-9-11-18(12-10-17)20(15(5)6)16(7)8/h9,11,13-18H,10,12H2,1-8H3. The molecule has 0 fully saturated rings. The zero-order chi connectivity index (χ0) is 15.4. The highest BCUT2D eigenvalue weighted by molar-refractivity contribution is 5.08. The summed E-state index contributed by atoms with van der Waals surface area (Å²) in [5, 5.41) is 0. The molecule has 0 N–H and O–H groups in total. The second-order valence-corrected chi connectivity index (χ2v) is 7.37. The van der Waals surface area contributed by atoms with Gasteiger partial charge in [-0.1, -0.05) is 12.2 Å². The molecule has 0 aromatic heterocycles. The highest BCUT2D eigenvalue weighted by atomic mass is 15.2. The van der Waals surface area contributed by atoms with E-state index in [0.29, 0.717) is 36.3 Å². The summed E-state index contributed by atoms with van der Waals surface area (Å²) in [5.74, 6) is 0. The van der Waals surface area contributed by atoms with Gasteiger partial charge in [-0.05, 0) is 68.2 Å². The van der Waals surface area contributed by atoms with Crippen LogP contribution in [0.2, 0.25) is 0 Å². The van der Waals surface area contributed by atoms with Crippen LogP contribution in [0.1, 0.15) is 68.2 Å². The molecule has 0 amide bonds. The van der Waals surface area contributed by atoms with E-state index in [-0.39, 0.29) is 0 Å². The SMILES string of the molecule is CC(C)N(C(C)C)C1C=CC(N(C(C)C)C(C)C)CC1. The lowest BCUT2D eigenvalue weighted by Crippen LogP contribution is -2.49. The van der Waals surface area contributed by atoms with E-state index in [2.05, 4.69) is 77.3 Å². The van der Waals surface area contributed by atoms with Crippen LogP contribution < -0.4 is 0 Å². The Morgan fingerprint density at radius 2 is 0.850 bits per heavy atom. The Labute approximate surface area is 127 Å². The molecular formula is C18H36N2. The summed E-state index contributed by atoms with van der Waals surface area (Å²) in [5.41, 5.74) is 0. The fraction of sp³-hybridized carbons (Fsp3) is 0.889. The number of hydrogen-bond acceptors (Lipinski definition) is 2. The van der Waals surface area contributed by atoms with Crippen molar-refractivity contribution < 1.29 is 0 Å². The third-order valence-corrected chi connectivity index (χ3v) is 4.46. The van der Waals surface area contributed by atoms with Crippen molar-refractivity contribution in [3.8, 4) is 0 Å². The Morgan fingerprint density at radius 3 is 1.00 bits per heavy atom. The molecule has 2 heteroatoms. The molecule has 0 heterocycles.